The third-order valence-corrected chi connectivity index (χ3v) is 3.18. The Labute approximate surface area is 117 Å². The van der Waals surface area contributed by atoms with E-state index in [1.165, 1.54) is 0 Å². The molecule has 0 aliphatic rings. The van der Waals surface area contributed by atoms with Crippen LogP contribution in [0.3, 0.4) is 0 Å². The first kappa shape index (κ1) is 15.1. The van der Waals surface area contributed by atoms with Crippen LogP contribution >= 0.6 is 15.9 Å². The highest BCUT2D eigenvalue weighted by atomic mass is 79.9. The molecule has 0 aromatic heterocycles. The molecule has 0 heterocycles. The Morgan fingerprint density at radius 2 is 2.17 bits per heavy atom. The second kappa shape index (κ2) is 7.44. The molecule has 4 heteroatoms. The molecule has 0 unspecified atom stereocenters. The highest BCUT2D eigenvalue weighted by molar-refractivity contribution is 9.10. The van der Waals surface area contributed by atoms with Crippen LogP contribution in [-0.4, -0.2) is 20.8 Å². The molecule has 1 aromatic rings. The molecule has 0 aliphatic heterocycles. The van der Waals surface area contributed by atoms with E-state index < -0.39 is 0 Å². The van der Waals surface area contributed by atoms with Crippen LogP contribution in [0.25, 0.3) is 0 Å². The van der Waals surface area contributed by atoms with E-state index in [2.05, 4.69) is 34.7 Å². The van der Waals surface area contributed by atoms with Gasteiger partial charge in [0.1, 0.15) is 6.61 Å². The minimum Gasteiger partial charge on any atom is -0.493 e. The molecule has 100 valence electrons. The van der Waals surface area contributed by atoms with Gasteiger partial charge >= 0.3 is 0 Å². The summed E-state index contributed by atoms with van der Waals surface area (Å²) in [5.41, 5.74) is 2.20. The number of methoxy groups -OCH3 is 1. The zero-order valence-electron chi connectivity index (χ0n) is 11.2. The van der Waals surface area contributed by atoms with Gasteiger partial charge in [0.2, 0.25) is 0 Å². The lowest BCUT2D eigenvalue weighted by Crippen LogP contribution is -2.07. The van der Waals surface area contributed by atoms with Crippen LogP contribution in [-0.2, 0) is 6.54 Å². The Bertz CT molecular complexity index is 419. The molecule has 1 aromatic carbocycles. The summed E-state index contributed by atoms with van der Waals surface area (Å²) < 4.78 is 12.0. The van der Waals surface area contributed by atoms with Crippen LogP contribution in [0.5, 0.6) is 11.5 Å². The Morgan fingerprint density at radius 1 is 1.44 bits per heavy atom. The third-order valence-electron chi connectivity index (χ3n) is 2.59. The standard InChI is InChI=1S/C14H20BrNO2/c1-5-10(2)9-18-14-12(15)6-11(8-16-3)7-13(14)17-4/h6-7,16H,2,5,8-9H2,1,3-4H3. The van der Waals surface area contributed by atoms with Crippen LogP contribution in [0.1, 0.15) is 18.9 Å². The van der Waals surface area contributed by atoms with Gasteiger partial charge in [0, 0.05) is 6.54 Å². The van der Waals surface area contributed by atoms with E-state index in [-0.39, 0.29) is 0 Å². The molecule has 0 radical (unpaired) electrons. The lowest BCUT2D eigenvalue weighted by Gasteiger charge is -2.14. The molecule has 3 nitrogen and oxygen atoms in total. The highest BCUT2D eigenvalue weighted by Gasteiger charge is 2.11. The molecule has 0 saturated heterocycles. The normalized spacial score (nSPS) is 10.2. The second-order valence-electron chi connectivity index (χ2n) is 4.03. The summed E-state index contributed by atoms with van der Waals surface area (Å²) in [6.07, 6.45) is 0.914. The fourth-order valence-corrected chi connectivity index (χ4v) is 2.10. The minimum atomic E-state index is 0.511. The van der Waals surface area contributed by atoms with Gasteiger partial charge < -0.3 is 14.8 Å². The topological polar surface area (TPSA) is 30.5 Å². The second-order valence-corrected chi connectivity index (χ2v) is 4.89. The first-order valence-corrected chi connectivity index (χ1v) is 6.72. The van der Waals surface area contributed by atoms with Crippen molar-refractivity contribution in [3.8, 4) is 11.5 Å². The van der Waals surface area contributed by atoms with Gasteiger partial charge in [-0.2, -0.15) is 0 Å². The van der Waals surface area contributed by atoms with Crippen molar-refractivity contribution in [2.75, 3.05) is 20.8 Å². The number of benzene rings is 1. The van der Waals surface area contributed by atoms with Crippen molar-refractivity contribution in [3.63, 3.8) is 0 Å². The quantitative estimate of drug-likeness (QED) is 0.781. The molecule has 0 spiro atoms. The summed E-state index contributed by atoms with van der Waals surface area (Å²) in [6, 6.07) is 4.01. The number of rotatable bonds is 7. The van der Waals surface area contributed by atoms with Gasteiger partial charge in [-0.3, -0.25) is 0 Å². The molecule has 0 aliphatic carbocycles. The molecule has 0 bridgehead atoms. The fraction of sp³-hybridized carbons (Fsp3) is 0.429. The molecule has 0 saturated carbocycles. The van der Waals surface area contributed by atoms with Crippen molar-refractivity contribution in [1.82, 2.24) is 5.32 Å². The zero-order chi connectivity index (χ0) is 13.5. The van der Waals surface area contributed by atoms with Crippen molar-refractivity contribution >= 4 is 15.9 Å². The molecule has 18 heavy (non-hydrogen) atoms. The number of nitrogens with one attached hydrogen (secondary N) is 1. The van der Waals surface area contributed by atoms with Crippen molar-refractivity contribution in [2.45, 2.75) is 19.9 Å². The van der Waals surface area contributed by atoms with E-state index >= 15 is 0 Å². The van der Waals surface area contributed by atoms with E-state index in [4.69, 9.17) is 9.47 Å². The smallest absolute Gasteiger partial charge is 0.175 e. The number of hydrogen-bond donors (Lipinski definition) is 1. The summed E-state index contributed by atoms with van der Waals surface area (Å²) in [5.74, 6) is 1.46. The monoisotopic (exact) mass is 313 g/mol. The molecular formula is C14H20BrNO2. The average Bonchev–Trinajstić information content (AvgIpc) is 2.36. The minimum absolute atomic E-state index is 0.511. The summed E-state index contributed by atoms with van der Waals surface area (Å²) in [4.78, 5) is 0. The first-order valence-electron chi connectivity index (χ1n) is 5.92. The lowest BCUT2D eigenvalue weighted by molar-refractivity contribution is 0.315. The van der Waals surface area contributed by atoms with Gasteiger partial charge in [0.15, 0.2) is 11.5 Å². The maximum atomic E-state index is 5.75. The van der Waals surface area contributed by atoms with Gasteiger partial charge in [-0.05, 0) is 52.7 Å². The maximum Gasteiger partial charge on any atom is 0.175 e. The van der Waals surface area contributed by atoms with Crippen LogP contribution in [0.4, 0.5) is 0 Å². The SMILES string of the molecule is C=C(CC)COc1c(Br)cc(CNC)cc1OC. The largest absolute Gasteiger partial charge is 0.493 e. The predicted molar refractivity (Wildman–Crippen MR) is 78.4 cm³/mol. The molecule has 0 fully saturated rings. The van der Waals surface area contributed by atoms with E-state index in [9.17, 15) is 0 Å². The van der Waals surface area contributed by atoms with Gasteiger partial charge in [-0.25, -0.2) is 0 Å². The Balaban J connectivity index is 2.92. The number of hydrogen-bond acceptors (Lipinski definition) is 3. The third kappa shape index (κ3) is 4.03. The maximum absolute atomic E-state index is 5.75. The van der Waals surface area contributed by atoms with Crippen molar-refractivity contribution in [2.24, 2.45) is 0 Å². The van der Waals surface area contributed by atoms with Crippen LogP contribution < -0.4 is 14.8 Å². The van der Waals surface area contributed by atoms with E-state index in [0.717, 1.165) is 40.1 Å². The molecular weight excluding hydrogens is 294 g/mol. The average molecular weight is 314 g/mol. The van der Waals surface area contributed by atoms with Gasteiger partial charge in [-0.15, -0.1) is 0 Å². The van der Waals surface area contributed by atoms with Crippen LogP contribution in [0.15, 0.2) is 28.8 Å². The first-order chi connectivity index (χ1) is 8.62. The van der Waals surface area contributed by atoms with Gasteiger partial charge in [-0.1, -0.05) is 13.5 Å². The van der Waals surface area contributed by atoms with Crippen LogP contribution in [0.2, 0.25) is 0 Å². The number of halogens is 1. The molecule has 0 atom stereocenters. The Kier molecular flexibility index (Phi) is 6.22. The predicted octanol–water partition coefficient (Wildman–Crippen LogP) is 3.52. The lowest BCUT2D eigenvalue weighted by atomic mass is 10.2. The summed E-state index contributed by atoms with van der Waals surface area (Å²) in [6.45, 7) is 7.29. The van der Waals surface area contributed by atoms with E-state index in [0.29, 0.717) is 6.61 Å². The van der Waals surface area contributed by atoms with Crippen molar-refractivity contribution in [1.29, 1.82) is 0 Å². The fourth-order valence-electron chi connectivity index (χ4n) is 1.50. The Hall–Kier alpha value is -1.00. The number of ether oxygens (including phenoxy) is 2. The van der Waals surface area contributed by atoms with Crippen LogP contribution in [0, 0.1) is 0 Å². The molecule has 1 N–H and O–H groups in total. The molecule has 0 amide bonds. The van der Waals surface area contributed by atoms with Gasteiger partial charge in [0.05, 0.1) is 11.6 Å². The highest BCUT2D eigenvalue weighted by Crippen LogP contribution is 2.36. The van der Waals surface area contributed by atoms with E-state index in [1.54, 1.807) is 7.11 Å². The summed E-state index contributed by atoms with van der Waals surface area (Å²) in [7, 11) is 3.56. The van der Waals surface area contributed by atoms with E-state index in [1.807, 2.05) is 19.2 Å². The Morgan fingerprint density at radius 3 is 2.72 bits per heavy atom. The molecule has 1 rings (SSSR count). The summed E-state index contributed by atoms with van der Waals surface area (Å²) in [5, 5.41) is 3.11. The summed E-state index contributed by atoms with van der Waals surface area (Å²) >= 11 is 3.52. The van der Waals surface area contributed by atoms with Crippen molar-refractivity contribution < 1.29 is 9.47 Å². The van der Waals surface area contributed by atoms with Crippen molar-refractivity contribution in [3.05, 3.63) is 34.3 Å². The van der Waals surface area contributed by atoms with Gasteiger partial charge in [0.25, 0.3) is 0 Å². The zero-order valence-corrected chi connectivity index (χ0v) is 12.8.